The standard InChI is InChI=1S/C52H93N17O10/c1-29(2)27-39(50(78)79)68-49(77)41(31(5)6)69-46(74)37(22-16-26-61-52(58)59)64-45(73)36(21-15-25-60-51(56)57)65-47(75)38(28-33-17-9-8-10-18-33)67-42(70)32(7)62-43(71)34(19-11-13-23-53)63-44(72)35(20-12-14-24-54)66-48(76)40(55)30(3)4/h8-10,17-18,29-32,34-41H,11-16,19-28,53-55H2,1-7H3,(H,62,71)(H,63,72)(H,64,73)(H,65,75)(H,66,76)(H,67,70)(H,68,77)(H,69,74)(H,78,79)(H4,56,57,60)(H4,58,59,61)/t32-,34-,35-,36-,37-,38-,39-,40-,41-/m0/s1. The van der Waals surface area contributed by atoms with Gasteiger partial charge in [0.15, 0.2) is 11.9 Å². The van der Waals surface area contributed by atoms with Crippen LogP contribution in [0.4, 0.5) is 0 Å². The number of carbonyl (C=O) groups is 9. The third kappa shape index (κ3) is 28.4. The quantitative estimate of drug-likeness (QED) is 0.0181. The van der Waals surface area contributed by atoms with E-state index in [0.717, 1.165) is 0 Å². The van der Waals surface area contributed by atoms with E-state index in [1.54, 1.807) is 71.9 Å². The van der Waals surface area contributed by atoms with E-state index in [4.69, 9.17) is 40.1 Å². The smallest absolute Gasteiger partial charge is 0.326 e. The highest BCUT2D eigenvalue weighted by Gasteiger charge is 2.35. The molecule has 27 nitrogen and oxygen atoms in total. The second-order valence-electron chi connectivity index (χ2n) is 20.7. The highest BCUT2D eigenvalue weighted by Crippen LogP contribution is 2.13. The van der Waals surface area contributed by atoms with Crippen molar-refractivity contribution in [2.45, 2.75) is 180 Å². The van der Waals surface area contributed by atoms with Gasteiger partial charge in [-0.2, -0.15) is 0 Å². The number of unbranched alkanes of at least 4 members (excludes halogenated alkanes) is 2. The van der Waals surface area contributed by atoms with Crippen molar-refractivity contribution in [3.05, 3.63) is 35.9 Å². The Morgan fingerprint density at radius 1 is 0.468 bits per heavy atom. The highest BCUT2D eigenvalue weighted by molar-refractivity contribution is 5.98. The van der Waals surface area contributed by atoms with E-state index >= 15 is 0 Å². The maximum absolute atomic E-state index is 14.5. The molecule has 0 unspecified atom stereocenters. The van der Waals surface area contributed by atoms with Gasteiger partial charge in [0.2, 0.25) is 47.3 Å². The molecule has 0 fully saturated rings. The third-order valence-corrected chi connectivity index (χ3v) is 12.6. The molecule has 0 saturated carbocycles. The van der Waals surface area contributed by atoms with Crippen LogP contribution in [0.5, 0.6) is 0 Å². The average Bonchev–Trinajstić information content (AvgIpc) is 3.37. The van der Waals surface area contributed by atoms with Crippen molar-refractivity contribution in [1.82, 2.24) is 42.5 Å². The van der Waals surface area contributed by atoms with Crippen LogP contribution in [0.3, 0.4) is 0 Å². The van der Waals surface area contributed by atoms with Crippen LogP contribution in [0.15, 0.2) is 40.3 Å². The average molecular weight is 1120 g/mol. The molecule has 27 heteroatoms. The summed E-state index contributed by atoms with van der Waals surface area (Å²) in [4.78, 5) is 131. The molecule has 1 aromatic rings. The lowest BCUT2D eigenvalue weighted by Crippen LogP contribution is -2.60. The van der Waals surface area contributed by atoms with Gasteiger partial charge < -0.3 is 87.8 Å². The van der Waals surface area contributed by atoms with E-state index in [1.807, 2.05) is 0 Å². The number of nitrogens with two attached hydrogens (primary N) is 7. The molecule has 9 atom stereocenters. The van der Waals surface area contributed by atoms with Crippen LogP contribution >= 0.6 is 0 Å². The Morgan fingerprint density at radius 2 is 0.861 bits per heavy atom. The molecular formula is C52H93N17O10. The zero-order chi connectivity index (χ0) is 59.8. The predicted molar refractivity (Wildman–Crippen MR) is 302 cm³/mol. The number of carboxylic acids is 1. The SMILES string of the molecule is CC(C)C[C@H](NC(=O)[C@@H](NC(=O)[C@H](CCCN=C(N)N)NC(=O)[C@H](CCCN=C(N)N)NC(=O)[C@H](Cc1ccccc1)NC(=O)[C@H](C)NC(=O)[C@H](CCCCN)NC(=O)[C@H](CCCCN)NC(=O)[C@@H](N)C(C)C)C(C)C)C(=O)O. The van der Waals surface area contributed by atoms with E-state index in [1.165, 1.54) is 6.92 Å². The Hall–Kier alpha value is -7.13. The molecule has 0 bridgehead atoms. The summed E-state index contributed by atoms with van der Waals surface area (Å²) in [5, 5.41) is 31.1. The molecule has 0 aliphatic rings. The van der Waals surface area contributed by atoms with Crippen molar-refractivity contribution in [3.63, 3.8) is 0 Å². The van der Waals surface area contributed by atoms with Gasteiger partial charge >= 0.3 is 5.97 Å². The van der Waals surface area contributed by atoms with E-state index in [2.05, 4.69) is 52.5 Å². The molecule has 0 heterocycles. The molecule has 23 N–H and O–H groups in total. The number of aliphatic imine (C=N–C) groups is 2. The fraction of sp³-hybridized carbons (Fsp3) is 0.673. The summed E-state index contributed by atoms with van der Waals surface area (Å²) < 4.78 is 0. The Balaban J connectivity index is 3.61. The van der Waals surface area contributed by atoms with Gasteiger partial charge in [0.05, 0.1) is 6.04 Å². The summed E-state index contributed by atoms with van der Waals surface area (Å²) in [5.41, 5.74) is 40.3. The Bertz CT molecular complexity index is 2160. The maximum Gasteiger partial charge on any atom is 0.326 e. The topological polar surface area (TPSA) is 477 Å². The van der Waals surface area contributed by atoms with Crippen LogP contribution in [0.2, 0.25) is 0 Å². The monoisotopic (exact) mass is 1120 g/mol. The van der Waals surface area contributed by atoms with Crippen molar-refractivity contribution in [2.75, 3.05) is 26.2 Å². The fourth-order valence-electron chi connectivity index (χ4n) is 7.93. The second-order valence-corrected chi connectivity index (χ2v) is 20.7. The molecule has 8 amide bonds. The van der Waals surface area contributed by atoms with Crippen molar-refractivity contribution < 1.29 is 48.3 Å². The molecule has 446 valence electrons. The minimum Gasteiger partial charge on any atom is -0.480 e. The normalized spacial score (nSPS) is 14.6. The molecule has 0 spiro atoms. The first-order valence-electron chi connectivity index (χ1n) is 27.2. The van der Waals surface area contributed by atoms with Crippen molar-refractivity contribution in [2.24, 2.45) is 67.9 Å². The van der Waals surface area contributed by atoms with E-state index in [0.29, 0.717) is 44.3 Å². The van der Waals surface area contributed by atoms with E-state index in [-0.39, 0.29) is 88.2 Å². The minimum atomic E-state index is -1.39. The number of guanidine groups is 2. The largest absolute Gasteiger partial charge is 0.480 e. The highest BCUT2D eigenvalue weighted by atomic mass is 16.4. The molecule has 0 radical (unpaired) electrons. The lowest BCUT2D eigenvalue weighted by Gasteiger charge is -2.28. The minimum absolute atomic E-state index is 0.0364. The summed E-state index contributed by atoms with van der Waals surface area (Å²) in [6.45, 7) is 12.6. The number of benzene rings is 1. The van der Waals surface area contributed by atoms with Crippen molar-refractivity contribution in [3.8, 4) is 0 Å². The number of hydrogen-bond acceptors (Lipinski definition) is 14. The van der Waals surface area contributed by atoms with Crippen LogP contribution in [-0.2, 0) is 49.6 Å². The van der Waals surface area contributed by atoms with Crippen molar-refractivity contribution >= 4 is 65.1 Å². The maximum atomic E-state index is 14.5. The third-order valence-electron chi connectivity index (χ3n) is 12.6. The molecule has 1 aromatic carbocycles. The molecular weight excluding hydrogens is 1020 g/mol. The first-order valence-corrected chi connectivity index (χ1v) is 27.2. The predicted octanol–water partition coefficient (Wildman–Crippen LogP) is -2.74. The van der Waals surface area contributed by atoms with Gasteiger partial charge in [0, 0.05) is 19.5 Å². The van der Waals surface area contributed by atoms with Crippen molar-refractivity contribution in [1.29, 1.82) is 0 Å². The van der Waals surface area contributed by atoms with Gasteiger partial charge in [0.25, 0.3) is 0 Å². The summed E-state index contributed by atoms with van der Waals surface area (Å²) in [6.07, 6.45) is 2.52. The van der Waals surface area contributed by atoms with E-state index < -0.39 is 114 Å². The second kappa shape index (κ2) is 37.6. The van der Waals surface area contributed by atoms with Crippen LogP contribution in [-0.4, -0.2) is 151 Å². The molecule has 0 aromatic heterocycles. The summed E-state index contributed by atoms with van der Waals surface area (Å²) in [6, 6.07) is -2.35. The van der Waals surface area contributed by atoms with Gasteiger partial charge in [0.1, 0.15) is 48.3 Å². The number of carboxylic acid groups (broad SMARTS) is 1. The van der Waals surface area contributed by atoms with Crippen LogP contribution in [0.25, 0.3) is 0 Å². The first-order chi connectivity index (χ1) is 37.2. The van der Waals surface area contributed by atoms with Gasteiger partial charge in [-0.15, -0.1) is 0 Å². The lowest BCUT2D eigenvalue weighted by molar-refractivity contribution is -0.143. The number of amides is 8. The first kappa shape index (κ1) is 69.9. The van der Waals surface area contributed by atoms with Crippen LogP contribution in [0, 0.1) is 17.8 Å². The molecule has 0 saturated heterocycles. The summed E-state index contributed by atoms with van der Waals surface area (Å²) >= 11 is 0. The lowest BCUT2D eigenvalue weighted by atomic mass is 9.99. The van der Waals surface area contributed by atoms with Crippen LogP contribution in [0.1, 0.15) is 125 Å². The zero-order valence-corrected chi connectivity index (χ0v) is 47.2. The number of nitrogens with one attached hydrogen (secondary N) is 8. The summed E-state index contributed by atoms with van der Waals surface area (Å²) in [5.74, 6) is -8.49. The number of aliphatic carboxylic acids is 1. The molecule has 1 rings (SSSR count). The zero-order valence-electron chi connectivity index (χ0n) is 47.2. The number of carbonyl (C=O) groups excluding carboxylic acids is 8. The van der Waals surface area contributed by atoms with Gasteiger partial charge in [-0.05, 0) is 114 Å². The Morgan fingerprint density at radius 3 is 1.27 bits per heavy atom. The molecule has 0 aliphatic heterocycles. The van der Waals surface area contributed by atoms with Gasteiger partial charge in [-0.25, -0.2) is 4.79 Å². The summed E-state index contributed by atoms with van der Waals surface area (Å²) in [7, 11) is 0. The Kier molecular flexibility index (Phi) is 33.3. The van der Waals surface area contributed by atoms with E-state index in [9.17, 15) is 48.3 Å². The fourth-order valence-corrected chi connectivity index (χ4v) is 7.93. The number of nitrogens with zero attached hydrogens (tertiary/aromatic N) is 2. The van der Waals surface area contributed by atoms with Crippen LogP contribution < -0.4 is 82.7 Å². The number of rotatable bonds is 39. The number of hydrogen-bond donors (Lipinski definition) is 16. The van der Waals surface area contributed by atoms with Gasteiger partial charge in [-0.3, -0.25) is 48.3 Å². The van der Waals surface area contributed by atoms with Gasteiger partial charge in [-0.1, -0.05) is 71.9 Å². The molecule has 0 aliphatic carbocycles. The molecule has 79 heavy (non-hydrogen) atoms. The Labute approximate surface area is 464 Å².